The number of hydrogen-bond acceptors (Lipinski definition) is 5. The minimum atomic E-state index is -4.08. The van der Waals surface area contributed by atoms with E-state index in [-0.39, 0.29) is 21.9 Å². The number of amides is 2. The maximum atomic E-state index is 13.7. The third-order valence-corrected chi connectivity index (χ3v) is 6.05. The summed E-state index contributed by atoms with van der Waals surface area (Å²) in [5, 5.41) is 0. The van der Waals surface area contributed by atoms with E-state index >= 15 is 0 Å². The number of rotatable bonds is 7. The van der Waals surface area contributed by atoms with Crippen molar-refractivity contribution in [3.8, 4) is 5.75 Å². The van der Waals surface area contributed by atoms with Crippen LogP contribution in [-0.4, -0.2) is 26.3 Å². The lowest BCUT2D eigenvalue weighted by molar-refractivity contribution is -0.128. The van der Waals surface area contributed by atoms with Crippen molar-refractivity contribution in [3.63, 3.8) is 0 Å². The van der Waals surface area contributed by atoms with E-state index in [0.29, 0.717) is 5.56 Å². The number of para-hydroxylation sites is 1. The average Bonchev–Trinajstić information content (AvgIpc) is 2.80. The lowest BCUT2D eigenvalue weighted by Gasteiger charge is -2.16. The Bertz CT molecular complexity index is 1310. The number of carbonyl (C=O) groups is 2. The number of sulfonamides is 1. The van der Waals surface area contributed by atoms with Crippen LogP contribution in [0.15, 0.2) is 71.6 Å². The molecule has 3 N–H and O–H groups in total. The summed E-state index contributed by atoms with van der Waals surface area (Å²) in [6.07, 6.45) is -1.13. The quantitative estimate of drug-likeness (QED) is 0.441. The summed E-state index contributed by atoms with van der Waals surface area (Å²) < 4.78 is 59.6. The van der Waals surface area contributed by atoms with Crippen molar-refractivity contribution in [1.82, 2.24) is 10.9 Å². The molecule has 3 rings (SSSR count). The summed E-state index contributed by atoms with van der Waals surface area (Å²) in [6.45, 7) is 2.96. The van der Waals surface area contributed by atoms with Gasteiger partial charge in [0, 0.05) is 11.3 Å². The molecule has 11 heteroatoms. The Balaban J connectivity index is 1.67. The van der Waals surface area contributed by atoms with Crippen LogP contribution in [0.25, 0.3) is 0 Å². The van der Waals surface area contributed by atoms with Crippen LogP contribution in [0, 0.1) is 18.6 Å². The molecule has 2 amide bonds. The maximum absolute atomic E-state index is 13.7. The van der Waals surface area contributed by atoms with Crippen molar-refractivity contribution in [2.45, 2.75) is 24.8 Å². The molecule has 34 heavy (non-hydrogen) atoms. The minimum Gasteiger partial charge on any atom is -0.478 e. The van der Waals surface area contributed by atoms with Gasteiger partial charge < -0.3 is 4.74 Å². The van der Waals surface area contributed by atoms with E-state index in [9.17, 15) is 26.8 Å². The highest BCUT2D eigenvalue weighted by atomic mass is 32.2. The molecule has 0 bridgehead atoms. The molecule has 1 unspecified atom stereocenters. The van der Waals surface area contributed by atoms with Gasteiger partial charge in [0.25, 0.3) is 21.8 Å². The molecule has 0 aliphatic heterocycles. The van der Waals surface area contributed by atoms with Crippen molar-refractivity contribution in [2.75, 3.05) is 4.72 Å². The van der Waals surface area contributed by atoms with Gasteiger partial charge in [-0.25, -0.2) is 17.2 Å². The molecule has 0 spiro atoms. The Morgan fingerprint density at radius 1 is 0.941 bits per heavy atom. The lowest BCUT2D eigenvalue weighted by atomic mass is 10.1. The second-order valence-electron chi connectivity index (χ2n) is 7.22. The zero-order chi connectivity index (χ0) is 24.9. The molecule has 8 nitrogen and oxygen atoms in total. The summed E-state index contributed by atoms with van der Waals surface area (Å²) in [7, 11) is -4.08. The van der Waals surface area contributed by atoms with Gasteiger partial charge >= 0.3 is 0 Å². The van der Waals surface area contributed by atoms with E-state index in [2.05, 4.69) is 15.6 Å². The predicted molar refractivity (Wildman–Crippen MR) is 120 cm³/mol. The van der Waals surface area contributed by atoms with Crippen molar-refractivity contribution in [1.29, 1.82) is 0 Å². The van der Waals surface area contributed by atoms with Gasteiger partial charge in [-0.1, -0.05) is 18.2 Å². The normalized spacial score (nSPS) is 11.9. The molecule has 1 atom stereocenters. The fourth-order valence-electron chi connectivity index (χ4n) is 2.82. The summed E-state index contributed by atoms with van der Waals surface area (Å²) >= 11 is 0. The number of hydrogen-bond donors (Lipinski definition) is 3. The first-order valence-corrected chi connectivity index (χ1v) is 11.5. The van der Waals surface area contributed by atoms with Crippen LogP contribution in [0.5, 0.6) is 5.75 Å². The van der Waals surface area contributed by atoms with Gasteiger partial charge in [-0.2, -0.15) is 0 Å². The molecule has 0 saturated carbocycles. The predicted octanol–water partition coefficient (Wildman–Crippen LogP) is 3.30. The van der Waals surface area contributed by atoms with Crippen LogP contribution < -0.4 is 20.3 Å². The Labute approximate surface area is 195 Å². The second-order valence-corrected chi connectivity index (χ2v) is 8.91. The molecular formula is C23H21F2N3O5S. The molecule has 3 aromatic carbocycles. The molecule has 0 saturated heterocycles. The first-order chi connectivity index (χ1) is 16.1. The summed E-state index contributed by atoms with van der Waals surface area (Å²) in [5.41, 5.74) is 4.93. The Kier molecular flexibility index (Phi) is 7.47. The number of carbonyl (C=O) groups excluding carboxylic acids is 2. The largest absolute Gasteiger partial charge is 0.478 e. The molecule has 178 valence electrons. The number of aryl methyl sites for hydroxylation is 1. The SMILES string of the molecule is Cc1ccc(S(=O)(=O)Nc2ccc(F)cc2)cc1C(=O)NNC(=O)C(C)Oc1ccccc1F. The number of benzene rings is 3. The molecular weight excluding hydrogens is 468 g/mol. The van der Waals surface area contributed by atoms with Crippen molar-refractivity contribution >= 4 is 27.5 Å². The van der Waals surface area contributed by atoms with Crippen molar-refractivity contribution in [2.24, 2.45) is 0 Å². The number of nitrogens with one attached hydrogen (secondary N) is 3. The summed E-state index contributed by atoms with van der Waals surface area (Å²) in [6, 6.07) is 14.1. The van der Waals surface area contributed by atoms with Gasteiger partial charge in [0.05, 0.1) is 4.90 Å². The fourth-order valence-corrected chi connectivity index (χ4v) is 3.90. The third kappa shape index (κ3) is 6.07. The molecule has 0 radical (unpaired) electrons. The molecule has 0 aliphatic rings. The molecule has 0 aromatic heterocycles. The second kappa shape index (κ2) is 10.3. The van der Waals surface area contributed by atoms with E-state index in [1.165, 1.54) is 49.4 Å². The number of halogens is 2. The summed E-state index contributed by atoms with van der Waals surface area (Å²) in [5.74, 6) is -2.82. The van der Waals surface area contributed by atoms with Crippen LogP contribution in [0.2, 0.25) is 0 Å². The highest BCUT2D eigenvalue weighted by Crippen LogP contribution is 2.20. The van der Waals surface area contributed by atoms with Crippen molar-refractivity contribution in [3.05, 3.63) is 89.5 Å². The highest BCUT2D eigenvalue weighted by Gasteiger charge is 2.21. The molecule has 0 aliphatic carbocycles. The topological polar surface area (TPSA) is 114 Å². The first kappa shape index (κ1) is 24.6. The minimum absolute atomic E-state index is 0.00930. The zero-order valence-corrected chi connectivity index (χ0v) is 19.0. The number of anilines is 1. The molecule has 3 aromatic rings. The third-order valence-electron chi connectivity index (χ3n) is 4.67. The van der Waals surface area contributed by atoms with Crippen LogP contribution in [0.1, 0.15) is 22.8 Å². The van der Waals surface area contributed by atoms with Crippen LogP contribution in [0.3, 0.4) is 0 Å². The monoisotopic (exact) mass is 489 g/mol. The maximum Gasteiger partial charge on any atom is 0.279 e. The van der Waals surface area contributed by atoms with Gasteiger partial charge in [0.2, 0.25) is 0 Å². The lowest BCUT2D eigenvalue weighted by Crippen LogP contribution is -2.47. The Morgan fingerprint density at radius 2 is 1.62 bits per heavy atom. The Morgan fingerprint density at radius 3 is 2.29 bits per heavy atom. The van der Waals surface area contributed by atoms with Crippen LogP contribution in [0.4, 0.5) is 14.5 Å². The van der Waals surface area contributed by atoms with E-state index in [4.69, 9.17) is 4.74 Å². The van der Waals surface area contributed by atoms with Crippen molar-refractivity contribution < 1.29 is 31.5 Å². The molecule has 0 fully saturated rings. The van der Waals surface area contributed by atoms with Crippen LogP contribution >= 0.6 is 0 Å². The van der Waals surface area contributed by atoms with Gasteiger partial charge in [0.1, 0.15) is 5.82 Å². The standard InChI is InChI=1S/C23H21F2N3O5S/c1-14-7-12-18(34(31,32)28-17-10-8-16(24)9-11-17)13-19(14)23(30)27-26-22(29)15(2)33-21-6-4-3-5-20(21)25/h3-13,15,28H,1-2H3,(H,26,29)(H,27,30). The smallest absolute Gasteiger partial charge is 0.279 e. The summed E-state index contributed by atoms with van der Waals surface area (Å²) in [4.78, 5) is 24.6. The van der Waals surface area contributed by atoms with E-state index in [1.54, 1.807) is 13.0 Å². The van der Waals surface area contributed by atoms with E-state index in [0.717, 1.165) is 18.2 Å². The van der Waals surface area contributed by atoms with Gasteiger partial charge in [-0.15, -0.1) is 0 Å². The van der Waals surface area contributed by atoms with Crippen LogP contribution in [-0.2, 0) is 14.8 Å². The van der Waals surface area contributed by atoms with Gasteiger partial charge in [-0.3, -0.25) is 25.2 Å². The average molecular weight is 490 g/mol. The van der Waals surface area contributed by atoms with Gasteiger partial charge in [-0.05, 0) is 67.9 Å². The number of ether oxygens (including phenoxy) is 1. The molecule has 0 heterocycles. The first-order valence-electron chi connectivity index (χ1n) is 9.97. The fraction of sp³-hybridized carbons (Fsp3) is 0.130. The van der Waals surface area contributed by atoms with E-state index < -0.39 is 39.6 Å². The zero-order valence-electron chi connectivity index (χ0n) is 18.1. The highest BCUT2D eigenvalue weighted by molar-refractivity contribution is 7.92. The van der Waals surface area contributed by atoms with E-state index in [1.807, 2.05) is 0 Å². The van der Waals surface area contributed by atoms with Gasteiger partial charge in [0.15, 0.2) is 17.7 Å². The Hall–Kier alpha value is -3.99. The number of hydrazine groups is 1.